The number of benzene rings is 7. The van der Waals surface area contributed by atoms with Gasteiger partial charge in [0.05, 0.1) is 31.5 Å². The molecule has 0 heteroatoms. The van der Waals surface area contributed by atoms with Crippen LogP contribution in [0.2, 0.25) is 0 Å². The van der Waals surface area contributed by atoms with E-state index in [4.69, 9.17) is 26.0 Å². The van der Waals surface area contributed by atoms with Crippen LogP contribution >= 0.6 is 0 Å². The zero-order valence-electron chi connectivity index (χ0n) is 41.1. The van der Waals surface area contributed by atoms with Gasteiger partial charge in [-0.15, -0.1) is 0 Å². The van der Waals surface area contributed by atoms with Crippen LogP contribution in [-0.2, 0) is 0 Å². The van der Waals surface area contributed by atoms with Crippen molar-refractivity contribution in [2.24, 2.45) is 0 Å². The van der Waals surface area contributed by atoms with Crippen molar-refractivity contribution >= 4 is 32.3 Å². The van der Waals surface area contributed by atoms with E-state index in [1.165, 1.54) is 0 Å². The third kappa shape index (κ3) is 3.39. The van der Waals surface area contributed by atoms with E-state index in [-0.39, 0.29) is 5.39 Å². The Kier molecular flexibility index (Phi) is 1.87. The minimum atomic E-state index is -1.00. The fourth-order valence-corrected chi connectivity index (χ4v) is 4.01. The summed E-state index contributed by atoms with van der Waals surface area (Å²) in [4.78, 5) is 0. The Morgan fingerprint density at radius 2 is 0.833 bits per heavy atom. The summed E-state index contributed by atoms with van der Waals surface area (Å²) in [5, 5.41) is -3.36. The van der Waals surface area contributed by atoms with Crippen molar-refractivity contribution in [1.82, 2.24) is 0 Å². The summed E-state index contributed by atoms with van der Waals surface area (Å²) in [7, 11) is 0. The van der Waals surface area contributed by atoms with Crippen LogP contribution in [0.1, 0.15) is 31.5 Å². The van der Waals surface area contributed by atoms with E-state index in [2.05, 4.69) is 0 Å². The van der Waals surface area contributed by atoms with Crippen molar-refractivity contribution in [3.05, 3.63) is 145 Å². The molecule has 7 rings (SSSR count). The van der Waals surface area contributed by atoms with E-state index in [9.17, 15) is 5.48 Å². The third-order valence-electron chi connectivity index (χ3n) is 5.55. The Balaban J connectivity index is 1.79. The SMILES string of the molecule is [2H]c1cc([2H])c2c([2H])c(-c3c([2H])c([2H])c(-c4c5c([2H])c([2H])c([2H])c([2H])c5c(-c5c([2H])c([2H])c([2H])c([2H])c5[2H])c5c([2H])c([2H])c([2H])c([2H])c45)c([2H])c3[2H])c([2H])c([2H])c2c1[2H]. The molecular weight excluding hydrogens is 432 g/mol. The van der Waals surface area contributed by atoms with Crippen LogP contribution in [0.25, 0.3) is 65.7 Å². The van der Waals surface area contributed by atoms with Crippen LogP contribution in [0.3, 0.4) is 0 Å². The van der Waals surface area contributed by atoms with Crippen molar-refractivity contribution in [3.63, 3.8) is 0 Å². The van der Waals surface area contributed by atoms with Crippen molar-refractivity contribution in [3.8, 4) is 33.4 Å². The van der Waals surface area contributed by atoms with Gasteiger partial charge in [-0.05, 0) is 71.7 Å². The Morgan fingerprint density at radius 1 is 0.333 bits per heavy atom. The molecule has 0 N–H and O–H groups in total. The Hall–Kier alpha value is -4.68. The maximum Gasteiger partial charge on any atom is 0.0636 e. The van der Waals surface area contributed by atoms with Crippen molar-refractivity contribution in [2.75, 3.05) is 0 Å². The first-order chi connectivity index (χ1) is 27.4. The first-order valence-corrected chi connectivity index (χ1v) is 10.6. The van der Waals surface area contributed by atoms with Crippen LogP contribution in [0.5, 0.6) is 0 Å². The smallest absolute Gasteiger partial charge is 0.0622 e. The molecular formula is C36H24. The predicted molar refractivity (Wildman–Crippen MR) is 155 cm³/mol. The van der Waals surface area contributed by atoms with Gasteiger partial charge in [0, 0.05) is 0 Å². The monoisotopic (exact) mass is 479 g/mol. The van der Waals surface area contributed by atoms with E-state index in [1.54, 1.807) is 0 Å². The molecule has 0 spiro atoms. The zero-order valence-corrected chi connectivity index (χ0v) is 18.1. The number of rotatable bonds is 3. The normalized spacial score (nSPS) is 20.3. The standard InChI is InChI=1S/C36H24/c1-2-11-27(12-3-1)35-31-14-6-8-16-33(31)36(34-17-9-7-15-32(34)35)28-21-18-26(19-22-28)30-23-20-25-10-4-5-13-29(25)24-30/h1-24H/i1D,2D,3D,4D,6D,7D,8D,9D,10D,11D,12D,13D,14D,15D,16D,17D,18D,19D,20D,21D,22D,23D,24D. The molecule has 0 heterocycles. The van der Waals surface area contributed by atoms with E-state index in [1.807, 2.05) is 0 Å². The van der Waals surface area contributed by atoms with Crippen LogP contribution in [0, 0.1) is 0 Å². The highest BCUT2D eigenvalue weighted by Crippen LogP contribution is 2.43. The summed E-state index contributed by atoms with van der Waals surface area (Å²) in [6.07, 6.45) is 0. The Bertz CT molecular complexity index is 2990. The van der Waals surface area contributed by atoms with Gasteiger partial charge in [-0.25, -0.2) is 0 Å². The van der Waals surface area contributed by atoms with E-state index >= 15 is 0 Å². The van der Waals surface area contributed by atoms with Gasteiger partial charge in [-0.3, -0.25) is 0 Å². The summed E-state index contributed by atoms with van der Waals surface area (Å²) >= 11 is 0. The first kappa shape index (κ1) is 7.91. The van der Waals surface area contributed by atoms with Gasteiger partial charge < -0.3 is 0 Å². The second-order valence-electron chi connectivity index (χ2n) is 7.56. The Morgan fingerprint density at radius 3 is 1.44 bits per heavy atom. The molecule has 0 aliphatic rings. The van der Waals surface area contributed by atoms with Crippen molar-refractivity contribution < 1.29 is 31.5 Å². The summed E-state index contributed by atoms with van der Waals surface area (Å²) in [5.41, 5.74) is -4.12. The van der Waals surface area contributed by atoms with Gasteiger partial charge in [-0.2, -0.15) is 0 Å². The minimum Gasteiger partial charge on any atom is -0.0622 e. The summed E-state index contributed by atoms with van der Waals surface area (Å²) < 4.78 is 201. The van der Waals surface area contributed by atoms with Crippen LogP contribution < -0.4 is 0 Å². The fraction of sp³-hybridized carbons (Fsp3) is 0. The Labute approximate surface area is 243 Å². The van der Waals surface area contributed by atoms with Crippen molar-refractivity contribution in [1.29, 1.82) is 0 Å². The van der Waals surface area contributed by atoms with E-state index in [0.29, 0.717) is 0 Å². The van der Waals surface area contributed by atoms with Gasteiger partial charge in [0.25, 0.3) is 0 Å². The van der Waals surface area contributed by atoms with E-state index < -0.39 is 199 Å². The molecule has 7 aromatic carbocycles. The molecule has 0 bridgehead atoms. The zero-order chi connectivity index (χ0) is 43.9. The highest BCUT2D eigenvalue weighted by Gasteiger charge is 2.16. The van der Waals surface area contributed by atoms with E-state index in [0.717, 1.165) is 6.07 Å². The molecule has 168 valence electrons. The second kappa shape index (κ2) is 8.52. The molecule has 0 unspecified atom stereocenters. The maximum atomic E-state index is 9.31. The number of hydrogen-bond acceptors (Lipinski definition) is 0. The average molecular weight is 480 g/mol. The lowest BCUT2D eigenvalue weighted by Gasteiger charge is -2.18. The average Bonchev–Trinajstić information content (AvgIpc) is 3.19. The molecule has 0 aromatic heterocycles. The highest BCUT2D eigenvalue weighted by atomic mass is 14.2. The lowest BCUT2D eigenvalue weighted by Crippen LogP contribution is -1.90. The number of fused-ring (bicyclic) bond motifs is 3. The molecule has 0 aliphatic heterocycles. The van der Waals surface area contributed by atoms with Crippen LogP contribution in [0.15, 0.2) is 145 Å². The van der Waals surface area contributed by atoms with Crippen molar-refractivity contribution in [2.45, 2.75) is 0 Å². The highest BCUT2D eigenvalue weighted by molar-refractivity contribution is 6.21. The molecule has 0 atom stereocenters. The lowest BCUT2D eigenvalue weighted by molar-refractivity contribution is 1.62. The quantitative estimate of drug-likeness (QED) is 0.221. The van der Waals surface area contributed by atoms with Crippen LogP contribution in [0.4, 0.5) is 0 Å². The largest absolute Gasteiger partial charge is 0.0636 e. The fourth-order valence-electron chi connectivity index (χ4n) is 4.01. The molecule has 0 amide bonds. The minimum absolute atomic E-state index is 0.379. The van der Waals surface area contributed by atoms with Gasteiger partial charge >= 0.3 is 0 Å². The predicted octanol–water partition coefficient (Wildman–Crippen LogP) is 10.1. The third-order valence-corrected chi connectivity index (χ3v) is 5.55. The lowest BCUT2D eigenvalue weighted by atomic mass is 9.86. The van der Waals surface area contributed by atoms with Crippen LogP contribution in [-0.4, -0.2) is 0 Å². The molecule has 0 nitrogen and oxygen atoms in total. The van der Waals surface area contributed by atoms with Gasteiger partial charge in [0.1, 0.15) is 0 Å². The molecule has 0 saturated carbocycles. The molecule has 0 aliphatic carbocycles. The number of hydrogen-bond donors (Lipinski definition) is 0. The summed E-state index contributed by atoms with van der Waals surface area (Å²) in [5.74, 6) is 0. The van der Waals surface area contributed by atoms with Gasteiger partial charge in [-0.1, -0.05) is 139 Å². The summed E-state index contributed by atoms with van der Waals surface area (Å²) in [6, 6.07) is -18.6. The topological polar surface area (TPSA) is 0 Å². The first-order valence-electron chi connectivity index (χ1n) is 22.1. The molecule has 7 aromatic rings. The molecule has 0 fully saturated rings. The molecule has 0 radical (unpaired) electrons. The summed E-state index contributed by atoms with van der Waals surface area (Å²) in [6.45, 7) is 0. The maximum absolute atomic E-state index is 9.31. The molecule has 36 heavy (non-hydrogen) atoms. The van der Waals surface area contributed by atoms with Gasteiger partial charge in [0.2, 0.25) is 0 Å². The van der Waals surface area contributed by atoms with Gasteiger partial charge in [0.15, 0.2) is 0 Å². The second-order valence-corrected chi connectivity index (χ2v) is 7.56. The molecule has 0 saturated heterocycles.